The summed E-state index contributed by atoms with van der Waals surface area (Å²) in [6.07, 6.45) is 0. The first-order valence-corrected chi connectivity index (χ1v) is 4.35. The van der Waals surface area contributed by atoms with E-state index in [1.807, 2.05) is 12.1 Å². The van der Waals surface area contributed by atoms with Gasteiger partial charge in [0.25, 0.3) is 0 Å². The molecule has 4 nitrogen and oxygen atoms in total. The third-order valence-electron chi connectivity index (χ3n) is 1.66. The molecule has 0 heterocycles. The van der Waals surface area contributed by atoms with Crippen molar-refractivity contribution in [1.82, 2.24) is 0 Å². The molecular formula is C10H11BO4. The minimum atomic E-state index is -0.856. The molecule has 1 aromatic carbocycles. The van der Waals surface area contributed by atoms with Crippen molar-refractivity contribution in [3.8, 4) is 5.75 Å². The molecule has 0 aliphatic carbocycles. The lowest BCUT2D eigenvalue weighted by molar-refractivity contribution is 0.0759. The summed E-state index contributed by atoms with van der Waals surface area (Å²) in [6.45, 7) is 0.372. The van der Waals surface area contributed by atoms with Crippen molar-refractivity contribution >= 4 is 13.7 Å². The van der Waals surface area contributed by atoms with Crippen molar-refractivity contribution < 1.29 is 19.0 Å². The molecule has 0 N–H and O–H groups in total. The van der Waals surface area contributed by atoms with Crippen LogP contribution in [0, 0.1) is 0 Å². The molecule has 0 unspecified atom stereocenters. The zero-order valence-corrected chi connectivity index (χ0v) is 8.43. The van der Waals surface area contributed by atoms with E-state index in [2.05, 4.69) is 4.74 Å². The van der Waals surface area contributed by atoms with Crippen molar-refractivity contribution in [3.05, 3.63) is 29.8 Å². The fourth-order valence-electron chi connectivity index (χ4n) is 1.00. The Hall–Kier alpha value is -1.49. The van der Waals surface area contributed by atoms with Crippen LogP contribution >= 0.6 is 0 Å². The van der Waals surface area contributed by atoms with Crippen LogP contribution in [0.4, 0.5) is 4.79 Å². The number of benzene rings is 1. The molecule has 0 atom stereocenters. The molecule has 0 aliphatic heterocycles. The predicted molar refractivity (Wildman–Crippen MR) is 54.9 cm³/mol. The van der Waals surface area contributed by atoms with E-state index in [1.54, 1.807) is 19.2 Å². The largest absolute Gasteiger partial charge is 0.457 e. The van der Waals surface area contributed by atoms with Gasteiger partial charge in [0, 0.05) is 7.11 Å². The molecule has 0 amide bonds. The minimum absolute atomic E-state index is 0.182. The van der Waals surface area contributed by atoms with E-state index in [9.17, 15) is 4.79 Å². The van der Waals surface area contributed by atoms with Gasteiger partial charge in [-0.15, -0.1) is 0 Å². The topological polar surface area (TPSA) is 44.8 Å². The van der Waals surface area contributed by atoms with Crippen LogP contribution in [0.3, 0.4) is 0 Å². The van der Waals surface area contributed by atoms with Crippen LogP contribution in [0.25, 0.3) is 0 Å². The number of hydrogen-bond acceptors (Lipinski definition) is 4. The maximum atomic E-state index is 10.2. The Labute approximate surface area is 89.5 Å². The Morgan fingerprint density at radius 2 is 2.00 bits per heavy atom. The molecule has 5 heteroatoms. The van der Waals surface area contributed by atoms with Crippen LogP contribution in [0.15, 0.2) is 24.3 Å². The first kappa shape index (κ1) is 11.6. The van der Waals surface area contributed by atoms with Crippen LogP contribution in [0.5, 0.6) is 5.75 Å². The number of carbonyl (C=O) groups is 1. The zero-order chi connectivity index (χ0) is 11.1. The molecule has 0 fully saturated rings. The minimum Gasteiger partial charge on any atom is -0.457 e. The third-order valence-corrected chi connectivity index (χ3v) is 1.66. The van der Waals surface area contributed by atoms with Crippen LogP contribution in [-0.2, 0) is 16.1 Å². The quantitative estimate of drug-likeness (QED) is 0.540. The monoisotopic (exact) mass is 206 g/mol. The summed E-state index contributed by atoms with van der Waals surface area (Å²) in [7, 11) is 6.39. The van der Waals surface area contributed by atoms with Crippen molar-refractivity contribution in [2.75, 3.05) is 13.9 Å². The Balaban J connectivity index is 2.39. The van der Waals surface area contributed by atoms with E-state index in [0.29, 0.717) is 12.4 Å². The van der Waals surface area contributed by atoms with Crippen molar-refractivity contribution in [2.24, 2.45) is 0 Å². The molecule has 0 aliphatic rings. The van der Waals surface area contributed by atoms with Gasteiger partial charge in [-0.3, -0.25) is 4.79 Å². The lowest BCUT2D eigenvalue weighted by atomic mass is 10.2. The van der Waals surface area contributed by atoms with Gasteiger partial charge in [-0.2, -0.15) is 0 Å². The zero-order valence-electron chi connectivity index (χ0n) is 8.43. The number of rotatable bonds is 5. The molecule has 15 heavy (non-hydrogen) atoms. The van der Waals surface area contributed by atoms with E-state index < -0.39 is 5.87 Å². The summed E-state index contributed by atoms with van der Waals surface area (Å²) in [5.74, 6) is -0.248. The van der Waals surface area contributed by atoms with Gasteiger partial charge in [-0.1, -0.05) is 12.1 Å². The Morgan fingerprint density at radius 1 is 1.33 bits per heavy atom. The second-order valence-electron chi connectivity index (χ2n) is 2.80. The summed E-state index contributed by atoms with van der Waals surface area (Å²) in [5.41, 5.74) is 1.04. The molecule has 1 rings (SSSR count). The highest BCUT2D eigenvalue weighted by Gasteiger charge is 1.96. The SMILES string of the molecule is [B]C(=O)OCOc1ccc(COC)cc1. The second-order valence-corrected chi connectivity index (χ2v) is 2.80. The summed E-state index contributed by atoms with van der Waals surface area (Å²) in [5, 5.41) is 0. The van der Waals surface area contributed by atoms with Crippen LogP contribution in [-0.4, -0.2) is 27.6 Å². The molecular weight excluding hydrogens is 195 g/mol. The summed E-state index contributed by atoms with van der Waals surface area (Å²) in [6, 6.07) is 7.25. The van der Waals surface area contributed by atoms with Gasteiger partial charge < -0.3 is 14.2 Å². The maximum absolute atomic E-state index is 10.2. The van der Waals surface area contributed by atoms with E-state index in [0.717, 1.165) is 5.56 Å². The highest BCUT2D eigenvalue weighted by Crippen LogP contribution is 2.12. The van der Waals surface area contributed by atoms with Gasteiger partial charge >= 0.3 is 0 Å². The molecule has 0 spiro atoms. The first-order valence-electron chi connectivity index (χ1n) is 4.35. The summed E-state index contributed by atoms with van der Waals surface area (Å²) >= 11 is 0. The number of carbonyl (C=O) groups excluding carboxylic acids is 1. The molecule has 2 radical (unpaired) electrons. The number of ether oxygens (including phenoxy) is 3. The Kier molecular flexibility index (Phi) is 4.70. The van der Waals surface area contributed by atoms with Gasteiger partial charge in [-0.05, 0) is 17.7 Å². The predicted octanol–water partition coefficient (Wildman–Crippen LogP) is 1.47. The van der Waals surface area contributed by atoms with Crippen molar-refractivity contribution in [2.45, 2.75) is 6.61 Å². The van der Waals surface area contributed by atoms with Gasteiger partial charge in [0.1, 0.15) is 5.75 Å². The van der Waals surface area contributed by atoms with Gasteiger partial charge in [0.2, 0.25) is 20.5 Å². The molecule has 1 aromatic rings. The smallest absolute Gasteiger partial charge is 0.238 e. The normalized spacial score (nSPS) is 9.67. The van der Waals surface area contributed by atoms with E-state index >= 15 is 0 Å². The van der Waals surface area contributed by atoms with Gasteiger partial charge in [0.15, 0.2) is 0 Å². The fraction of sp³-hybridized carbons (Fsp3) is 0.300. The molecule has 0 saturated heterocycles. The van der Waals surface area contributed by atoms with Crippen LogP contribution < -0.4 is 4.74 Å². The number of hydrogen-bond donors (Lipinski definition) is 0. The Morgan fingerprint density at radius 3 is 2.53 bits per heavy atom. The van der Waals surface area contributed by atoms with E-state index in [-0.39, 0.29) is 6.79 Å². The van der Waals surface area contributed by atoms with Crippen molar-refractivity contribution in [1.29, 1.82) is 0 Å². The second kappa shape index (κ2) is 6.08. The lowest BCUT2D eigenvalue weighted by Crippen LogP contribution is -2.08. The average molecular weight is 206 g/mol. The molecule has 78 valence electrons. The van der Waals surface area contributed by atoms with E-state index in [4.69, 9.17) is 17.3 Å². The van der Waals surface area contributed by atoms with Crippen LogP contribution in [0.2, 0.25) is 0 Å². The highest BCUT2D eigenvalue weighted by atomic mass is 16.7. The first-order chi connectivity index (χ1) is 7.22. The lowest BCUT2D eigenvalue weighted by Gasteiger charge is -2.06. The highest BCUT2D eigenvalue weighted by molar-refractivity contribution is 6.55. The molecule has 0 bridgehead atoms. The van der Waals surface area contributed by atoms with Gasteiger partial charge in [0.05, 0.1) is 6.61 Å². The summed E-state index contributed by atoms with van der Waals surface area (Å²) < 4.78 is 14.5. The standard InChI is InChI=1S/C10H11BO4/c1-13-6-8-2-4-9(5-3-8)14-7-15-10(11)12/h2-5H,6-7H2,1H3. The average Bonchev–Trinajstić information content (AvgIpc) is 2.20. The fourth-order valence-corrected chi connectivity index (χ4v) is 1.00. The maximum Gasteiger partial charge on any atom is 0.238 e. The number of methoxy groups -OCH3 is 1. The Bertz CT molecular complexity index is 310. The summed E-state index contributed by atoms with van der Waals surface area (Å²) in [4.78, 5) is 10.2. The third kappa shape index (κ3) is 4.51. The van der Waals surface area contributed by atoms with Crippen LogP contribution in [0.1, 0.15) is 5.56 Å². The van der Waals surface area contributed by atoms with Crippen molar-refractivity contribution in [3.63, 3.8) is 0 Å². The van der Waals surface area contributed by atoms with Gasteiger partial charge in [-0.25, -0.2) is 0 Å². The molecule has 0 saturated carbocycles. The molecule has 0 aromatic heterocycles. The van der Waals surface area contributed by atoms with E-state index in [1.165, 1.54) is 0 Å².